The molecule has 1 N–H and O–H groups in total. The number of ether oxygens (including phenoxy) is 2. The number of hydrogen-bond donors (Lipinski definition) is 1. The van der Waals surface area contributed by atoms with Gasteiger partial charge in [0.1, 0.15) is 0 Å². The van der Waals surface area contributed by atoms with Crippen molar-refractivity contribution in [3.63, 3.8) is 0 Å². The summed E-state index contributed by atoms with van der Waals surface area (Å²) in [5, 5.41) is 2.71. The molecule has 1 aliphatic rings. The van der Waals surface area contributed by atoms with Crippen molar-refractivity contribution in [2.75, 3.05) is 18.5 Å². The molecule has 0 saturated carbocycles. The lowest BCUT2D eigenvalue weighted by molar-refractivity contribution is -0.156. The maximum atomic E-state index is 11.7. The van der Waals surface area contributed by atoms with E-state index < -0.39 is 12.1 Å². The summed E-state index contributed by atoms with van der Waals surface area (Å²) in [6, 6.07) is 5.76. The molecular formula is C15H19NO4. The van der Waals surface area contributed by atoms with Gasteiger partial charge in [-0.15, -0.1) is 0 Å². The minimum absolute atomic E-state index is 0.286. The van der Waals surface area contributed by atoms with Crippen LogP contribution in [0.1, 0.15) is 24.0 Å². The van der Waals surface area contributed by atoms with Crippen LogP contribution in [0.4, 0.5) is 5.69 Å². The quantitative estimate of drug-likeness (QED) is 0.854. The van der Waals surface area contributed by atoms with Crippen LogP contribution in [-0.2, 0) is 19.1 Å². The summed E-state index contributed by atoms with van der Waals surface area (Å²) >= 11 is 0. The van der Waals surface area contributed by atoms with Crippen LogP contribution < -0.4 is 5.32 Å². The zero-order chi connectivity index (χ0) is 14.5. The Hall–Kier alpha value is -1.88. The number of benzene rings is 1. The van der Waals surface area contributed by atoms with E-state index in [1.807, 2.05) is 32.0 Å². The fourth-order valence-corrected chi connectivity index (χ4v) is 2.24. The molecule has 1 aromatic carbocycles. The van der Waals surface area contributed by atoms with Crippen LogP contribution in [0.25, 0.3) is 0 Å². The molecule has 1 aliphatic heterocycles. The van der Waals surface area contributed by atoms with Gasteiger partial charge in [-0.3, -0.25) is 4.79 Å². The zero-order valence-corrected chi connectivity index (χ0v) is 11.8. The van der Waals surface area contributed by atoms with Crippen molar-refractivity contribution in [2.24, 2.45) is 0 Å². The Bertz CT molecular complexity index is 486. The molecule has 2 rings (SSSR count). The van der Waals surface area contributed by atoms with E-state index in [1.54, 1.807) is 0 Å². The summed E-state index contributed by atoms with van der Waals surface area (Å²) in [6.07, 6.45) is 1.01. The Morgan fingerprint density at radius 1 is 1.30 bits per heavy atom. The summed E-state index contributed by atoms with van der Waals surface area (Å²) in [7, 11) is 0. The Kier molecular flexibility index (Phi) is 4.74. The van der Waals surface area contributed by atoms with E-state index in [9.17, 15) is 9.59 Å². The first kappa shape index (κ1) is 14.5. The van der Waals surface area contributed by atoms with Crippen LogP contribution in [0.15, 0.2) is 18.2 Å². The number of carbonyl (C=O) groups is 2. The van der Waals surface area contributed by atoms with Crippen molar-refractivity contribution in [3.05, 3.63) is 29.3 Å². The predicted octanol–water partition coefficient (Wildman–Crippen LogP) is 1.96. The Morgan fingerprint density at radius 2 is 2.00 bits per heavy atom. The minimum Gasteiger partial charge on any atom is -0.454 e. The smallest absolute Gasteiger partial charge is 0.335 e. The Balaban J connectivity index is 1.81. The fourth-order valence-electron chi connectivity index (χ4n) is 2.24. The molecule has 1 heterocycles. The number of hydrogen-bond acceptors (Lipinski definition) is 4. The Morgan fingerprint density at radius 3 is 2.60 bits per heavy atom. The average molecular weight is 277 g/mol. The van der Waals surface area contributed by atoms with E-state index in [0.717, 1.165) is 17.5 Å². The summed E-state index contributed by atoms with van der Waals surface area (Å²) in [5.41, 5.74) is 2.84. The van der Waals surface area contributed by atoms with Gasteiger partial charge in [-0.1, -0.05) is 6.07 Å². The molecule has 1 amide bonds. The molecule has 108 valence electrons. The van der Waals surface area contributed by atoms with Crippen LogP contribution in [-0.4, -0.2) is 31.2 Å². The molecule has 1 atom stereocenters. The lowest BCUT2D eigenvalue weighted by Gasteiger charge is -2.10. The van der Waals surface area contributed by atoms with Crippen molar-refractivity contribution < 1.29 is 19.1 Å². The predicted molar refractivity (Wildman–Crippen MR) is 74.5 cm³/mol. The van der Waals surface area contributed by atoms with Gasteiger partial charge in [0.25, 0.3) is 5.91 Å². The van der Waals surface area contributed by atoms with Gasteiger partial charge in [0.2, 0.25) is 0 Å². The summed E-state index contributed by atoms with van der Waals surface area (Å²) in [4.78, 5) is 23.3. The number of aryl methyl sites for hydroxylation is 2. The van der Waals surface area contributed by atoms with Gasteiger partial charge in [0, 0.05) is 12.3 Å². The highest BCUT2D eigenvalue weighted by Gasteiger charge is 2.25. The van der Waals surface area contributed by atoms with Crippen molar-refractivity contribution in [1.29, 1.82) is 0 Å². The monoisotopic (exact) mass is 277 g/mol. The first-order chi connectivity index (χ1) is 9.54. The van der Waals surface area contributed by atoms with Crippen LogP contribution in [0.3, 0.4) is 0 Å². The van der Waals surface area contributed by atoms with Gasteiger partial charge in [-0.2, -0.15) is 0 Å². The van der Waals surface area contributed by atoms with E-state index in [-0.39, 0.29) is 12.5 Å². The normalized spacial score (nSPS) is 17.8. The van der Waals surface area contributed by atoms with E-state index >= 15 is 0 Å². The molecule has 5 nitrogen and oxygen atoms in total. The maximum absolute atomic E-state index is 11.7. The average Bonchev–Trinajstić information content (AvgIpc) is 2.88. The molecule has 0 radical (unpaired) electrons. The molecule has 0 bridgehead atoms. The lowest BCUT2D eigenvalue weighted by atomic mass is 10.1. The second-order valence-corrected chi connectivity index (χ2v) is 5.03. The topological polar surface area (TPSA) is 64.6 Å². The van der Waals surface area contributed by atoms with Gasteiger partial charge >= 0.3 is 5.97 Å². The van der Waals surface area contributed by atoms with Gasteiger partial charge < -0.3 is 14.8 Å². The molecule has 1 saturated heterocycles. The SMILES string of the molecule is Cc1cc(C)cc(NC(=O)COC(=O)[C@@H]2CCCO2)c1. The summed E-state index contributed by atoms with van der Waals surface area (Å²) in [5.74, 6) is -0.806. The maximum Gasteiger partial charge on any atom is 0.335 e. The van der Waals surface area contributed by atoms with Crippen LogP contribution >= 0.6 is 0 Å². The molecule has 20 heavy (non-hydrogen) atoms. The molecule has 0 aromatic heterocycles. The third kappa shape index (κ3) is 4.06. The second-order valence-electron chi connectivity index (χ2n) is 5.03. The molecule has 0 aliphatic carbocycles. The molecule has 0 spiro atoms. The molecule has 0 unspecified atom stereocenters. The van der Waals surface area contributed by atoms with Crippen LogP contribution in [0.5, 0.6) is 0 Å². The zero-order valence-electron chi connectivity index (χ0n) is 11.8. The van der Waals surface area contributed by atoms with E-state index in [0.29, 0.717) is 18.7 Å². The van der Waals surface area contributed by atoms with Crippen molar-refractivity contribution in [2.45, 2.75) is 32.8 Å². The first-order valence-electron chi connectivity index (χ1n) is 6.71. The number of rotatable bonds is 4. The second kappa shape index (κ2) is 6.52. The lowest BCUT2D eigenvalue weighted by Crippen LogP contribution is -2.27. The van der Waals surface area contributed by atoms with Gasteiger partial charge in [-0.05, 0) is 49.9 Å². The number of carbonyl (C=O) groups excluding carboxylic acids is 2. The van der Waals surface area contributed by atoms with Crippen molar-refractivity contribution in [1.82, 2.24) is 0 Å². The molecule has 1 aromatic rings. The number of nitrogens with one attached hydrogen (secondary N) is 1. The van der Waals surface area contributed by atoms with Gasteiger partial charge in [0.05, 0.1) is 0 Å². The number of anilines is 1. The summed E-state index contributed by atoms with van der Waals surface area (Å²) < 4.78 is 10.1. The minimum atomic E-state index is -0.510. The largest absolute Gasteiger partial charge is 0.454 e. The fraction of sp³-hybridized carbons (Fsp3) is 0.467. The molecular weight excluding hydrogens is 258 g/mol. The Labute approximate surface area is 118 Å². The summed E-state index contributed by atoms with van der Waals surface area (Å²) in [6.45, 7) is 4.21. The van der Waals surface area contributed by atoms with Crippen LogP contribution in [0.2, 0.25) is 0 Å². The van der Waals surface area contributed by atoms with Crippen molar-refractivity contribution >= 4 is 17.6 Å². The van der Waals surface area contributed by atoms with Gasteiger partial charge in [0.15, 0.2) is 12.7 Å². The number of esters is 1. The van der Waals surface area contributed by atoms with E-state index in [2.05, 4.69) is 5.32 Å². The standard InChI is InChI=1S/C15H19NO4/c1-10-6-11(2)8-12(7-10)16-14(17)9-20-15(18)13-4-3-5-19-13/h6-8,13H,3-5,9H2,1-2H3,(H,16,17)/t13-/m0/s1. The third-order valence-electron chi connectivity index (χ3n) is 3.04. The van der Waals surface area contributed by atoms with Gasteiger partial charge in [-0.25, -0.2) is 4.79 Å². The van der Waals surface area contributed by atoms with Crippen LogP contribution in [0, 0.1) is 13.8 Å². The van der Waals surface area contributed by atoms with Crippen molar-refractivity contribution in [3.8, 4) is 0 Å². The van der Waals surface area contributed by atoms with E-state index in [4.69, 9.17) is 9.47 Å². The van der Waals surface area contributed by atoms with E-state index in [1.165, 1.54) is 0 Å². The molecule has 5 heteroatoms. The molecule has 1 fully saturated rings. The number of amides is 1. The highest BCUT2D eigenvalue weighted by Crippen LogP contribution is 2.15. The highest BCUT2D eigenvalue weighted by atomic mass is 16.6. The third-order valence-corrected chi connectivity index (χ3v) is 3.04. The highest BCUT2D eigenvalue weighted by molar-refractivity contribution is 5.93. The first-order valence-corrected chi connectivity index (χ1v) is 6.71.